The number of phenolic OH excluding ortho intramolecular Hbond substituents is 1. The van der Waals surface area contributed by atoms with Gasteiger partial charge in [0.1, 0.15) is 5.54 Å². The van der Waals surface area contributed by atoms with Crippen LogP contribution >= 0.6 is 0 Å². The number of nitrogens with one attached hydrogen (secondary N) is 1. The number of urea groups is 1. The SMILES string of the molecule is CC[C@@]1(c2ccccc2)NC(=O)N(/N=C/c2cc(OC)c(O)c(OC)c2)C1=O. The molecule has 28 heavy (non-hydrogen) atoms. The van der Waals surface area contributed by atoms with Crippen LogP contribution in [0.1, 0.15) is 24.5 Å². The van der Waals surface area contributed by atoms with E-state index < -0.39 is 17.5 Å². The summed E-state index contributed by atoms with van der Waals surface area (Å²) in [7, 11) is 2.81. The van der Waals surface area contributed by atoms with Gasteiger partial charge >= 0.3 is 6.03 Å². The summed E-state index contributed by atoms with van der Waals surface area (Å²) in [5.74, 6) is -0.234. The van der Waals surface area contributed by atoms with E-state index in [9.17, 15) is 14.7 Å². The maximum absolute atomic E-state index is 13.0. The average molecular weight is 383 g/mol. The second-order valence-corrected chi connectivity index (χ2v) is 6.19. The van der Waals surface area contributed by atoms with Crippen LogP contribution in [0.15, 0.2) is 47.6 Å². The zero-order valence-corrected chi connectivity index (χ0v) is 15.8. The maximum atomic E-state index is 13.0. The summed E-state index contributed by atoms with van der Waals surface area (Å²) in [4.78, 5) is 25.5. The van der Waals surface area contributed by atoms with Crippen LogP contribution in [0.5, 0.6) is 17.2 Å². The van der Waals surface area contributed by atoms with Gasteiger partial charge in [0.05, 0.1) is 20.4 Å². The standard InChI is InChI=1S/C20H21N3O5/c1-4-20(14-8-6-5-7-9-14)18(25)23(19(26)22-20)21-12-13-10-15(27-2)17(24)16(11-13)28-3/h5-12,24H,4H2,1-3H3,(H,22,26)/b21-12+/t20-/m0/s1. The van der Waals surface area contributed by atoms with E-state index in [1.165, 1.54) is 32.6 Å². The second kappa shape index (κ2) is 7.59. The highest BCUT2D eigenvalue weighted by Gasteiger charge is 2.51. The summed E-state index contributed by atoms with van der Waals surface area (Å²) in [6.45, 7) is 1.83. The van der Waals surface area contributed by atoms with Gasteiger partial charge in [0.15, 0.2) is 11.5 Å². The number of ether oxygens (including phenoxy) is 2. The van der Waals surface area contributed by atoms with Crippen molar-refractivity contribution in [3.05, 3.63) is 53.6 Å². The first-order chi connectivity index (χ1) is 13.5. The number of amides is 3. The van der Waals surface area contributed by atoms with Crippen molar-refractivity contribution in [1.29, 1.82) is 0 Å². The number of phenols is 1. The van der Waals surface area contributed by atoms with E-state index in [0.717, 1.165) is 5.01 Å². The van der Waals surface area contributed by atoms with Crippen LogP contribution in [0.2, 0.25) is 0 Å². The van der Waals surface area contributed by atoms with Crippen LogP contribution in [0.25, 0.3) is 0 Å². The van der Waals surface area contributed by atoms with Crippen LogP contribution in [0.3, 0.4) is 0 Å². The van der Waals surface area contributed by atoms with Crippen molar-refractivity contribution < 1.29 is 24.2 Å². The van der Waals surface area contributed by atoms with Gasteiger partial charge in [-0.05, 0) is 24.1 Å². The van der Waals surface area contributed by atoms with Crippen molar-refractivity contribution in [3.8, 4) is 17.2 Å². The van der Waals surface area contributed by atoms with E-state index in [1.807, 2.05) is 25.1 Å². The van der Waals surface area contributed by atoms with E-state index in [2.05, 4.69) is 10.4 Å². The number of carbonyl (C=O) groups is 2. The minimum atomic E-state index is -1.15. The Bertz CT molecular complexity index is 904. The Kier molecular flexibility index (Phi) is 5.21. The Morgan fingerprint density at radius 3 is 2.29 bits per heavy atom. The fraction of sp³-hybridized carbons (Fsp3) is 0.250. The van der Waals surface area contributed by atoms with Gasteiger partial charge in [0.25, 0.3) is 5.91 Å². The van der Waals surface area contributed by atoms with Gasteiger partial charge < -0.3 is 19.9 Å². The van der Waals surface area contributed by atoms with Gasteiger partial charge in [-0.2, -0.15) is 5.10 Å². The molecule has 1 aliphatic heterocycles. The Balaban J connectivity index is 1.93. The Morgan fingerprint density at radius 1 is 1.14 bits per heavy atom. The average Bonchev–Trinajstić information content (AvgIpc) is 2.98. The number of carbonyl (C=O) groups excluding carboxylic acids is 2. The first-order valence-corrected chi connectivity index (χ1v) is 8.68. The lowest BCUT2D eigenvalue weighted by molar-refractivity contribution is -0.131. The van der Waals surface area contributed by atoms with Gasteiger partial charge in [-0.25, -0.2) is 4.79 Å². The molecule has 1 aliphatic rings. The Labute approximate surface area is 162 Å². The largest absolute Gasteiger partial charge is 0.502 e. The number of aromatic hydroxyl groups is 1. The Morgan fingerprint density at radius 2 is 1.75 bits per heavy atom. The first kappa shape index (κ1) is 19.2. The van der Waals surface area contributed by atoms with Gasteiger partial charge in [-0.15, -0.1) is 5.01 Å². The molecule has 1 atom stereocenters. The van der Waals surface area contributed by atoms with Crippen LogP contribution < -0.4 is 14.8 Å². The molecular weight excluding hydrogens is 362 g/mol. The van der Waals surface area contributed by atoms with Crippen LogP contribution in [0.4, 0.5) is 4.79 Å². The number of rotatable bonds is 6. The molecule has 3 amide bonds. The molecule has 1 fully saturated rings. The fourth-order valence-electron chi connectivity index (χ4n) is 3.14. The minimum absolute atomic E-state index is 0.147. The lowest BCUT2D eigenvalue weighted by Gasteiger charge is -2.24. The lowest BCUT2D eigenvalue weighted by atomic mass is 9.87. The zero-order valence-electron chi connectivity index (χ0n) is 15.8. The second-order valence-electron chi connectivity index (χ2n) is 6.19. The van der Waals surface area contributed by atoms with Crippen LogP contribution in [-0.4, -0.2) is 42.5 Å². The van der Waals surface area contributed by atoms with Crippen molar-refractivity contribution >= 4 is 18.2 Å². The molecule has 0 unspecified atom stereocenters. The summed E-state index contributed by atoms with van der Waals surface area (Å²) in [5, 5.41) is 17.6. The predicted octanol–water partition coefficient (Wildman–Crippen LogP) is 2.60. The van der Waals surface area contributed by atoms with Crippen molar-refractivity contribution in [1.82, 2.24) is 10.3 Å². The highest BCUT2D eigenvalue weighted by Crippen LogP contribution is 2.37. The van der Waals surface area contributed by atoms with E-state index in [1.54, 1.807) is 12.1 Å². The van der Waals surface area contributed by atoms with Crippen molar-refractivity contribution in [2.75, 3.05) is 14.2 Å². The molecule has 2 aromatic rings. The quantitative estimate of drug-likeness (QED) is 0.590. The van der Waals surface area contributed by atoms with Crippen molar-refractivity contribution in [3.63, 3.8) is 0 Å². The predicted molar refractivity (Wildman–Crippen MR) is 103 cm³/mol. The molecule has 0 aromatic heterocycles. The van der Waals surface area contributed by atoms with E-state index in [4.69, 9.17) is 9.47 Å². The Hall–Kier alpha value is -3.55. The summed E-state index contributed by atoms with van der Waals surface area (Å²) in [6, 6.07) is 11.5. The molecule has 2 N–H and O–H groups in total. The summed E-state index contributed by atoms with van der Waals surface area (Å²) >= 11 is 0. The minimum Gasteiger partial charge on any atom is -0.502 e. The van der Waals surface area contributed by atoms with Gasteiger partial charge in [-0.3, -0.25) is 4.79 Å². The molecule has 1 saturated heterocycles. The van der Waals surface area contributed by atoms with Crippen LogP contribution in [0, 0.1) is 0 Å². The monoisotopic (exact) mass is 383 g/mol. The van der Waals surface area contributed by atoms with Gasteiger partial charge in [-0.1, -0.05) is 37.3 Å². The number of methoxy groups -OCH3 is 2. The molecule has 3 rings (SSSR count). The van der Waals surface area contributed by atoms with Crippen LogP contribution in [-0.2, 0) is 10.3 Å². The van der Waals surface area contributed by atoms with E-state index in [-0.39, 0.29) is 17.2 Å². The molecule has 0 spiro atoms. The molecule has 8 nitrogen and oxygen atoms in total. The molecule has 2 aromatic carbocycles. The smallest absolute Gasteiger partial charge is 0.346 e. The molecule has 0 aliphatic carbocycles. The zero-order chi connectivity index (χ0) is 20.3. The topological polar surface area (TPSA) is 100 Å². The normalized spacial score (nSPS) is 19.2. The highest BCUT2D eigenvalue weighted by atomic mass is 16.5. The molecule has 0 bridgehead atoms. The van der Waals surface area contributed by atoms with Crippen molar-refractivity contribution in [2.24, 2.45) is 5.10 Å². The number of nitrogens with zero attached hydrogens (tertiary/aromatic N) is 2. The lowest BCUT2D eigenvalue weighted by Crippen LogP contribution is -2.43. The summed E-state index contributed by atoms with van der Waals surface area (Å²) < 4.78 is 10.2. The third kappa shape index (κ3) is 3.13. The summed E-state index contributed by atoms with van der Waals surface area (Å²) in [5.41, 5.74) is 0.0300. The van der Waals surface area contributed by atoms with E-state index >= 15 is 0 Å². The van der Waals surface area contributed by atoms with Gasteiger partial charge in [0, 0.05) is 5.56 Å². The highest BCUT2D eigenvalue weighted by molar-refractivity contribution is 6.07. The van der Waals surface area contributed by atoms with Crippen molar-refractivity contribution in [2.45, 2.75) is 18.9 Å². The van der Waals surface area contributed by atoms with E-state index in [0.29, 0.717) is 17.5 Å². The summed E-state index contributed by atoms with van der Waals surface area (Å²) in [6.07, 6.45) is 1.72. The number of hydrogen-bond acceptors (Lipinski definition) is 6. The molecule has 0 saturated carbocycles. The molecular formula is C20H21N3O5. The molecule has 0 radical (unpaired) electrons. The first-order valence-electron chi connectivity index (χ1n) is 8.68. The number of hydrazone groups is 1. The fourth-order valence-corrected chi connectivity index (χ4v) is 3.14. The molecule has 1 heterocycles. The third-order valence-corrected chi connectivity index (χ3v) is 4.69. The molecule has 146 valence electrons. The molecule has 8 heteroatoms. The third-order valence-electron chi connectivity index (χ3n) is 4.69. The number of benzene rings is 2. The number of hydrogen-bond donors (Lipinski definition) is 2. The number of imide groups is 1. The van der Waals surface area contributed by atoms with Gasteiger partial charge in [0.2, 0.25) is 5.75 Å². The maximum Gasteiger partial charge on any atom is 0.346 e.